The van der Waals surface area contributed by atoms with Crippen LogP contribution in [0, 0.1) is 0 Å². The molecule has 3 N–H and O–H groups in total. The monoisotopic (exact) mass is 260 g/mol. The zero-order valence-electron chi connectivity index (χ0n) is 11.4. The number of pyridine rings is 2. The van der Waals surface area contributed by atoms with Crippen LogP contribution < -0.4 is 15.8 Å². The van der Waals surface area contributed by atoms with Crippen molar-refractivity contribution in [3.8, 4) is 5.88 Å². The van der Waals surface area contributed by atoms with Crippen molar-refractivity contribution in [2.75, 3.05) is 19.0 Å². The van der Waals surface area contributed by atoms with E-state index in [1.54, 1.807) is 13.3 Å². The van der Waals surface area contributed by atoms with Gasteiger partial charge in [-0.1, -0.05) is 13.3 Å². The highest BCUT2D eigenvalue weighted by Crippen LogP contribution is 2.22. The van der Waals surface area contributed by atoms with Gasteiger partial charge < -0.3 is 15.8 Å². The summed E-state index contributed by atoms with van der Waals surface area (Å²) in [6.45, 7) is 2.74. The van der Waals surface area contributed by atoms with Crippen LogP contribution in [0.2, 0.25) is 0 Å². The number of ether oxygens (including phenoxy) is 1. The molecule has 0 spiro atoms. The van der Waals surface area contributed by atoms with Crippen molar-refractivity contribution in [1.29, 1.82) is 0 Å². The summed E-state index contributed by atoms with van der Waals surface area (Å²) < 4.78 is 5.24. The van der Waals surface area contributed by atoms with E-state index in [0.717, 1.165) is 29.6 Å². The average molecular weight is 260 g/mol. The third kappa shape index (κ3) is 3.12. The zero-order chi connectivity index (χ0) is 13.7. The van der Waals surface area contributed by atoms with Crippen LogP contribution in [0.1, 0.15) is 19.8 Å². The fraction of sp³-hybridized carbons (Fsp3) is 0.429. The van der Waals surface area contributed by atoms with Crippen LogP contribution >= 0.6 is 0 Å². The Hall–Kier alpha value is -1.88. The van der Waals surface area contributed by atoms with Gasteiger partial charge in [0.25, 0.3) is 0 Å². The molecule has 0 amide bonds. The molecule has 2 heterocycles. The average Bonchev–Trinajstić information content (AvgIpc) is 2.46. The molecule has 0 radical (unpaired) electrons. The Balaban J connectivity index is 2.29. The van der Waals surface area contributed by atoms with E-state index in [1.165, 1.54) is 0 Å². The number of methoxy groups -OCH3 is 1. The molecule has 0 saturated heterocycles. The molecule has 5 nitrogen and oxygen atoms in total. The number of aromatic nitrogens is 2. The zero-order valence-corrected chi connectivity index (χ0v) is 11.4. The van der Waals surface area contributed by atoms with Crippen LogP contribution in [0.5, 0.6) is 5.88 Å². The summed E-state index contributed by atoms with van der Waals surface area (Å²) in [5.74, 6) is 1.35. The number of nitrogens with one attached hydrogen (secondary N) is 1. The second-order valence-corrected chi connectivity index (χ2v) is 4.45. The Morgan fingerprint density at radius 1 is 1.37 bits per heavy atom. The summed E-state index contributed by atoms with van der Waals surface area (Å²) in [6, 6.07) is 6.13. The SMILES string of the molecule is CCC[C@@H](CN)Nc1ccc2ccnc(OC)c2n1. The van der Waals surface area contributed by atoms with Crippen LogP contribution in [-0.2, 0) is 0 Å². The molecule has 0 unspecified atom stereocenters. The maximum absolute atomic E-state index is 5.75. The fourth-order valence-corrected chi connectivity index (χ4v) is 2.06. The number of rotatable bonds is 6. The van der Waals surface area contributed by atoms with Gasteiger partial charge >= 0.3 is 0 Å². The summed E-state index contributed by atoms with van der Waals surface area (Å²) in [5, 5.41) is 4.36. The van der Waals surface area contributed by atoms with Gasteiger partial charge in [-0.15, -0.1) is 0 Å². The molecule has 0 fully saturated rings. The molecule has 5 heteroatoms. The second kappa shape index (κ2) is 6.33. The fourth-order valence-electron chi connectivity index (χ4n) is 2.06. The molecule has 19 heavy (non-hydrogen) atoms. The number of hydrogen-bond donors (Lipinski definition) is 2. The van der Waals surface area contributed by atoms with Crippen LogP contribution in [0.4, 0.5) is 5.82 Å². The van der Waals surface area contributed by atoms with Gasteiger partial charge in [-0.05, 0) is 24.6 Å². The lowest BCUT2D eigenvalue weighted by Gasteiger charge is -2.17. The van der Waals surface area contributed by atoms with E-state index < -0.39 is 0 Å². The third-order valence-electron chi connectivity index (χ3n) is 3.04. The summed E-state index contributed by atoms with van der Waals surface area (Å²) in [5.41, 5.74) is 6.51. The topological polar surface area (TPSA) is 73.1 Å². The van der Waals surface area contributed by atoms with Crippen LogP contribution in [0.25, 0.3) is 10.9 Å². The van der Waals surface area contributed by atoms with Crippen molar-refractivity contribution < 1.29 is 4.74 Å². The molecule has 1 atom stereocenters. The standard InChI is InChI=1S/C14H20N4O/c1-3-4-11(9-15)17-12-6-5-10-7-8-16-14(19-2)13(10)18-12/h5-8,11H,3-4,9,15H2,1-2H3,(H,17,18)/t11-/m0/s1. The molecule has 0 saturated carbocycles. The van der Waals surface area contributed by atoms with Gasteiger partial charge in [-0.3, -0.25) is 0 Å². The van der Waals surface area contributed by atoms with E-state index >= 15 is 0 Å². The van der Waals surface area contributed by atoms with Crippen LogP contribution in [0.3, 0.4) is 0 Å². The Morgan fingerprint density at radius 3 is 2.89 bits per heavy atom. The van der Waals surface area contributed by atoms with Gasteiger partial charge in [0.1, 0.15) is 11.3 Å². The van der Waals surface area contributed by atoms with Gasteiger partial charge in [0, 0.05) is 24.2 Å². The van der Waals surface area contributed by atoms with Gasteiger partial charge in [-0.25, -0.2) is 9.97 Å². The third-order valence-corrected chi connectivity index (χ3v) is 3.04. The highest BCUT2D eigenvalue weighted by Gasteiger charge is 2.09. The second-order valence-electron chi connectivity index (χ2n) is 4.45. The maximum Gasteiger partial charge on any atom is 0.240 e. The Bertz CT molecular complexity index is 544. The number of nitrogens with two attached hydrogens (primary N) is 1. The Kier molecular flexibility index (Phi) is 4.52. The minimum Gasteiger partial charge on any atom is -0.479 e. The molecule has 102 valence electrons. The predicted molar refractivity (Wildman–Crippen MR) is 77.5 cm³/mol. The molecule has 2 aromatic heterocycles. The molecule has 2 rings (SSSR count). The van der Waals surface area contributed by atoms with Crippen molar-refractivity contribution in [1.82, 2.24) is 9.97 Å². The highest BCUT2D eigenvalue weighted by molar-refractivity contribution is 5.84. The minimum atomic E-state index is 0.248. The minimum absolute atomic E-state index is 0.248. The summed E-state index contributed by atoms with van der Waals surface area (Å²) >= 11 is 0. The first-order chi connectivity index (χ1) is 9.28. The quantitative estimate of drug-likeness (QED) is 0.832. The maximum atomic E-state index is 5.75. The predicted octanol–water partition coefficient (Wildman–Crippen LogP) is 2.18. The van der Waals surface area contributed by atoms with Crippen LogP contribution in [0.15, 0.2) is 24.4 Å². The lowest BCUT2D eigenvalue weighted by Crippen LogP contribution is -2.28. The van der Waals surface area contributed by atoms with E-state index in [-0.39, 0.29) is 6.04 Å². The van der Waals surface area contributed by atoms with Gasteiger partial charge in [0.05, 0.1) is 7.11 Å². The number of hydrogen-bond acceptors (Lipinski definition) is 5. The first-order valence-electron chi connectivity index (χ1n) is 6.54. The van der Waals surface area contributed by atoms with E-state index in [1.807, 2.05) is 18.2 Å². The largest absolute Gasteiger partial charge is 0.479 e. The number of anilines is 1. The van der Waals surface area contributed by atoms with Crippen LogP contribution in [-0.4, -0.2) is 29.7 Å². The Morgan fingerprint density at radius 2 is 2.21 bits per heavy atom. The van der Waals surface area contributed by atoms with Gasteiger partial charge in [-0.2, -0.15) is 0 Å². The first kappa shape index (κ1) is 13.5. The normalized spacial score (nSPS) is 12.4. The molecule has 0 aliphatic carbocycles. The van der Waals surface area contributed by atoms with Gasteiger partial charge in [0.15, 0.2) is 0 Å². The molecule has 2 aromatic rings. The molecule has 0 aliphatic rings. The van der Waals surface area contributed by atoms with Crippen molar-refractivity contribution in [2.45, 2.75) is 25.8 Å². The highest BCUT2D eigenvalue weighted by atomic mass is 16.5. The molecule has 0 aliphatic heterocycles. The van der Waals surface area contributed by atoms with Crippen molar-refractivity contribution >= 4 is 16.7 Å². The smallest absolute Gasteiger partial charge is 0.240 e. The number of nitrogens with zero attached hydrogens (tertiary/aromatic N) is 2. The summed E-state index contributed by atoms with van der Waals surface area (Å²) in [7, 11) is 1.60. The first-order valence-corrected chi connectivity index (χ1v) is 6.54. The van der Waals surface area contributed by atoms with E-state index in [2.05, 4.69) is 22.2 Å². The lowest BCUT2D eigenvalue weighted by atomic mass is 10.1. The molecule has 0 aromatic carbocycles. The van der Waals surface area contributed by atoms with Gasteiger partial charge in [0.2, 0.25) is 5.88 Å². The Labute approximate surface area is 113 Å². The van der Waals surface area contributed by atoms with Crippen molar-refractivity contribution in [2.24, 2.45) is 5.73 Å². The molecule has 0 bridgehead atoms. The number of fused-ring (bicyclic) bond motifs is 1. The van der Waals surface area contributed by atoms with Crippen molar-refractivity contribution in [3.05, 3.63) is 24.4 Å². The lowest BCUT2D eigenvalue weighted by molar-refractivity contribution is 0.402. The summed E-state index contributed by atoms with van der Waals surface area (Å²) in [6.07, 6.45) is 3.84. The van der Waals surface area contributed by atoms with E-state index in [0.29, 0.717) is 12.4 Å². The van der Waals surface area contributed by atoms with E-state index in [4.69, 9.17) is 10.5 Å². The summed E-state index contributed by atoms with van der Waals surface area (Å²) in [4.78, 5) is 8.73. The van der Waals surface area contributed by atoms with Crippen molar-refractivity contribution in [3.63, 3.8) is 0 Å². The molecular weight excluding hydrogens is 240 g/mol. The van der Waals surface area contributed by atoms with E-state index in [9.17, 15) is 0 Å². The molecular formula is C14H20N4O.